The number of methoxy groups -OCH3 is 1. The predicted molar refractivity (Wildman–Crippen MR) is 95.0 cm³/mol. The van der Waals surface area contributed by atoms with Gasteiger partial charge in [0, 0.05) is 26.0 Å². The number of para-hydroxylation sites is 1. The van der Waals surface area contributed by atoms with E-state index in [2.05, 4.69) is 21.8 Å². The van der Waals surface area contributed by atoms with E-state index in [9.17, 15) is 0 Å². The first-order valence-electron chi connectivity index (χ1n) is 7.51. The lowest BCUT2D eigenvalue weighted by molar-refractivity contribution is 0.416. The van der Waals surface area contributed by atoms with Gasteiger partial charge in [0.15, 0.2) is 11.0 Å². The molecule has 0 fully saturated rings. The Morgan fingerprint density at radius 3 is 2.83 bits per heavy atom. The standard InChI is InChI=1S/C17H19N5OS/c1-4-10-22-16(13-7-5-6-8-14(13)23-3)19-20-17(22)24-12-15-18-9-11-21(15)2/h4-9,11H,1,10,12H2,2-3H3. The van der Waals surface area contributed by atoms with Crippen molar-refractivity contribution in [2.75, 3.05) is 7.11 Å². The third-order valence-corrected chi connectivity index (χ3v) is 4.59. The molecule has 0 bridgehead atoms. The zero-order valence-corrected chi connectivity index (χ0v) is 14.5. The molecule has 2 heterocycles. The zero-order chi connectivity index (χ0) is 16.9. The van der Waals surface area contributed by atoms with Crippen LogP contribution >= 0.6 is 11.8 Å². The van der Waals surface area contributed by atoms with Gasteiger partial charge < -0.3 is 9.30 Å². The summed E-state index contributed by atoms with van der Waals surface area (Å²) in [5.41, 5.74) is 0.915. The Hall–Kier alpha value is -2.54. The van der Waals surface area contributed by atoms with Gasteiger partial charge in [-0.3, -0.25) is 4.57 Å². The zero-order valence-electron chi connectivity index (χ0n) is 13.7. The van der Waals surface area contributed by atoms with Gasteiger partial charge in [0.25, 0.3) is 0 Å². The van der Waals surface area contributed by atoms with Crippen molar-refractivity contribution >= 4 is 11.8 Å². The molecule has 1 aromatic carbocycles. The Bertz CT molecular complexity index is 839. The molecule has 0 atom stereocenters. The summed E-state index contributed by atoms with van der Waals surface area (Å²) in [6.07, 6.45) is 5.57. The van der Waals surface area contributed by atoms with Crippen LogP contribution in [0, 0.1) is 0 Å². The largest absolute Gasteiger partial charge is 0.496 e. The minimum absolute atomic E-state index is 0.628. The van der Waals surface area contributed by atoms with Crippen LogP contribution in [0.5, 0.6) is 5.75 Å². The molecule has 0 radical (unpaired) electrons. The van der Waals surface area contributed by atoms with Gasteiger partial charge in [-0.25, -0.2) is 4.98 Å². The van der Waals surface area contributed by atoms with Crippen molar-refractivity contribution in [3.63, 3.8) is 0 Å². The normalized spacial score (nSPS) is 10.8. The number of aryl methyl sites for hydroxylation is 1. The smallest absolute Gasteiger partial charge is 0.192 e. The Kier molecular flexibility index (Phi) is 5.00. The van der Waals surface area contributed by atoms with Gasteiger partial charge in [0.05, 0.1) is 18.4 Å². The second-order valence-electron chi connectivity index (χ2n) is 5.15. The lowest BCUT2D eigenvalue weighted by Crippen LogP contribution is -2.02. The molecular formula is C17H19N5OS. The number of nitrogens with zero attached hydrogens (tertiary/aromatic N) is 5. The molecule has 2 aromatic heterocycles. The highest BCUT2D eigenvalue weighted by molar-refractivity contribution is 7.98. The van der Waals surface area contributed by atoms with Crippen LogP contribution in [-0.2, 0) is 19.3 Å². The molecule has 0 aliphatic carbocycles. The van der Waals surface area contributed by atoms with Gasteiger partial charge >= 0.3 is 0 Å². The van der Waals surface area contributed by atoms with Crippen LogP contribution in [-0.4, -0.2) is 31.4 Å². The SMILES string of the molecule is C=CCn1c(SCc2nccn2C)nnc1-c1ccccc1OC. The predicted octanol–water partition coefficient (Wildman–Crippen LogP) is 3.17. The molecule has 0 saturated heterocycles. The number of ether oxygens (including phenoxy) is 1. The molecule has 24 heavy (non-hydrogen) atoms. The lowest BCUT2D eigenvalue weighted by atomic mass is 10.2. The first-order chi connectivity index (χ1) is 11.7. The third-order valence-electron chi connectivity index (χ3n) is 3.63. The number of hydrogen-bond acceptors (Lipinski definition) is 5. The fraction of sp³-hybridized carbons (Fsp3) is 0.235. The van der Waals surface area contributed by atoms with Crippen molar-refractivity contribution in [1.82, 2.24) is 24.3 Å². The van der Waals surface area contributed by atoms with E-state index in [1.54, 1.807) is 25.1 Å². The number of allylic oxidation sites excluding steroid dienone is 1. The fourth-order valence-corrected chi connectivity index (χ4v) is 3.33. The summed E-state index contributed by atoms with van der Waals surface area (Å²) in [5.74, 6) is 3.27. The maximum absolute atomic E-state index is 5.45. The highest BCUT2D eigenvalue weighted by Gasteiger charge is 2.17. The van der Waals surface area contributed by atoms with E-state index < -0.39 is 0 Å². The van der Waals surface area contributed by atoms with Crippen molar-refractivity contribution < 1.29 is 4.74 Å². The number of hydrogen-bond donors (Lipinski definition) is 0. The van der Waals surface area contributed by atoms with Crippen LogP contribution < -0.4 is 4.74 Å². The number of thioether (sulfide) groups is 1. The van der Waals surface area contributed by atoms with Gasteiger partial charge in [-0.15, -0.1) is 16.8 Å². The van der Waals surface area contributed by atoms with Crippen LogP contribution in [0.3, 0.4) is 0 Å². The summed E-state index contributed by atoms with van der Waals surface area (Å²) < 4.78 is 9.49. The Labute approximate surface area is 145 Å². The van der Waals surface area contributed by atoms with Crippen LogP contribution in [0.2, 0.25) is 0 Å². The highest BCUT2D eigenvalue weighted by atomic mass is 32.2. The molecular weight excluding hydrogens is 322 g/mol. The molecule has 0 spiro atoms. The Morgan fingerprint density at radius 1 is 1.29 bits per heavy atom. The van der Waals surface area contributed by atoms with E-state index in [1.807, 2.05) is 52.7 Å². The van der Waals surface area contributed by atoms with Gasteiger partial charge in [0.2, 0.25) is 0 Å². The summed E-state index contributed by atoms with van der Waals surface area (Å²) in [4.78, 5) is 4.34. The first kappa shape index (κ1) is 16.3. The summed E-state index contributed by atoms with van der Waals surface area (Å²) >= 11 is 1.61. The van der Waals surface area contributed by atoms with E-state index in [4.69, 9.17) is 4.74 Å². The molecule has 3 aromatic rings. The minimum Gasteiger partial charge on any atom is -0.496 e. The van der Waals surface area contributed by atoms with Gasteiger partial charge in [0.1, 0.15) is 11.6 Å². The number of rotatable bonds is 7. The minimum atomic E-state index is 0.628. The average Bonchev–Trinajstić information content (AvgIpc) is 3.19. The van der Waals surface area contributed by atoms with Crippen LogP contribution in [0.25, 0.3) is 11.4 Å². The third kappa shape index (κ3) is 3.21. The second-order valence-corrected chi connectivity index (χ2v) is 6.09. The fourth-order valence-electron chi connectivity index (χ4n) is 2.38. The topological polar surface area (TPSA) is 57.8 Å². The van der Waals surface area contributed by atoms with E-state index in [0.717, 1.165) is 33.9 Å². The molecule has 3 rings (SSSR count). The van der Waals surface area contributed by atoms with Crippen molar-refractivity contribution in [2.24, 2.45) is 7.05 Å². The maximum Gasteiger partial charge on any atom is 0.192 e. The summed E-state index contributed by atoms with van der Waals surface area (Å²) in [5, 5.41) is 9.56. The van der Waals surface area contributed by atoms with E-state index in [0.29, 0.717) is 6.54 Å². The van der Waals surface area contributed by atoms with Crippen molar-refractivity contribution in [3.8, 4) is 17.1 Å². The van der Waals surface area contributed by atoms with Gasteiger partial charge in [-0.1, -0.05) is 30.0 Å². The molecule has 0 aliphatic rings. The quantitative estimate of drug-likeness (QED) is 0.488. The molecule has 0 unspecified atom stereocenters. The van der Waals surface area contributed by atoms with Gasteiger partial charge in [-0.2, -0.15) is 0 Å². The average molecular weight is 341 g/mol. The molecule has 124 valence electrons. The van der Waals surface area contributed by atoms with Crippen molar-refractivity contribution in [3.05, 3.63) is 55.1 Å². The molecule has 6 nitrogen and oxygen atoms in total. The lowest BCUT2D eigenvalue weighted by Gasteiger charge is -2.10. The number of aromatic nitrogens is 5. The van der Waals surface area contributed by atoms with Crippen molar-refractivity contribution in [2.45, 2.75) is 17.5 Å². The summed E-state index contributed by atoms with van der Waals surface area (Å²) in [7, 11) is 3.64. The van der Waals surface area contributed by atoms with Gasteiger partial charge in [-0.05, 0) is 12.1 Å². The highest BCUT2D eigenvalue weighted by Crippen LogP contribution is 2.31. The molecule has 7 heteroatoms. The van der Waals surface area contributed by atoms with Crippen LogP contribution in [0.15, 0.2) is 54.5 Å². The van der Waals surface area contributed by atoms with E-state index in [-0.39, 0.29) is 0 Å². The number of imidazole rings is 1. The monoisotopic (exact) mass is 341 g/mol. The molecule has 0 saturated carbocycles. The summed E-state index contributed by atoms with van der Waals surface area (Å²) in [6, 6.07) is 7.80. The van der Waals surface area contributed by atoms with Crippen LogP contribution in [0.1, 0.15) is 5.82 Å². The molecule has 0 amide bonds. The molecule has 0 aliphatic heterocycles. The van der Waals surface area contributed by atoms with Crippen molar-refractivity contribution in [1.29, 1.82) is 0 Å². The van der Waals surface area contributed by atoms with E-state index in [1.165, 1.54) is 0 Å². The first-order valence-corrected chi connectivity index (χ1v) is 8.49. The summed E-state index contributed by atoms with van der Waals surface area (Å²) in [6.45, 7) is 4.47. The number of benzene rings is 1. The second kappa shape index (κ2) is 7.35. The van der Waals surface area contributed by atoms with Crippen LogP contribution in [0.4, 0.5) is 0 Å². The molecule has 0 N–H and O–H groups in total. The Balaban J connectivity index is 1.92. The van der Waals surface area contributed by atoms with E-state index >= 15 is 0 Å². The maximum atomic E-state index is 5.45. The Morgan fingerprint density at radius 2 is 2.12 bits per heavy atom.